The molecule has 1 aliphatic carbocycles. The number of nitrogens with one attached hydrogen (secondary N) is 1. The summed E-state index contributed by atoms with van der Waals surface area (Å²) in [5.74, 6) is 1.38. The minimum absolute atomic E-state index is 0.119. The molecular weight excluding hydrogens is 360 g/mol. The number of hydrogen-bond acceptors (Lipinski definition) is 4. The Kier molecular flexibility index (Phi) is 4.87. The van der Waals surface area contributed by atoms with E-state index in [9.17, 15) is 4.79 Å². The van der Waals surface area contributed by atoms with Crippen molar-refractivity contribution >= 4 is 28.6 Å². The monoisotopic (exact) mass is 382 g/mol. The fourth-order valence-corrected chi connectivity index (χ4v) is 4.01. The molecule has 1 N–H and O–H groups in total. The summed E-state index contributed by atoms with van der Waals surface area (Å²) in [5.41, 5.74) is 1.78. The van der Waals surface area contributed by atoms with Gasteiger partial charge in [-0.25, -0.2) is 4.98 Å². The van der Waals surface area contributed by atoms with Gasteiger partial charge in [0.2, 0.25) is 5.95 Å². The summed E-state index contributed by atoms with van der Waals surface area (Å²) in [6.45, 7) is 2.30. The summed E-state index contributed by atoms with van der Waals surface area (Å²) in [6, 6.07) is 9.59. The van der Waals surface area contributed by atoms with Gasteiger partial charge in [-0.15, -0.1) is 0 Å². The van der Waals surface area contributed by atoms with E-state index in [0.717, 1.165) is 29.7 Å². The van der Waals surface area contributed by atoms with Gasteiger partial charge >= 0.3 is 0 Å². The first-order valence-electron chi connectivity index (χ1n) is 9.41. The van der Waals surface area contributed by atoms with Crippen LogP contribution in [0.4, 0.5) is 5.95 Å². The molecule has 0 radical (unpaired) electrons. The molecule has 2 heterocycles. The number of aryl methyl sites for hydroxylation is 1. The van der Waals surface area contributed by atoms with Gasteiger partial charge < -0.3 is 5.32 Å². The first-order chi connectivity index (χ1) is 13.0. The minimum atomic E-state index is -0.119. The van der Waals surface area contributed by atoms with E-state index in [1.54, 1.807) is 23.9 Å². The molecule has 140 valence electrons. The van der Waals surface area contributed by atoms with Gasteiger partial charge in [0.25, 0.3) is 5.56 Å². The lowest BCUT2D eigenvalue weighted by Gasteiger charge is -2.26. The van der Waals surface area contributed by atoms with E-state index in [1.807, 2.05) is 24.3 Å². The zero-order valence-electron chi connectivity index (χ0n) is 15.6. The van der Waals surface area contributed by atoms with Crippen molar-refractivity contribution in [2.24, 2.45) is 13.0 Å². The van der Waals surface area contributed by atoms with Crippen molar-refractivity contribution < 1.29 is 0 Å². The molecule has 0 saturated heterocycles. The molecule has 0 atom stereocenters. The van der Waals surface area contributed by atoms with E-state index in [1.165, 1.54) is 12.8 Å². The molecule has 5 nitrogen and oxygen atoms in total. The third-order valence-electron chi connectivity index (χ3n) is 5.46. The number of nitrogens with zero attached hydrogens (tertiary/aromatic N) is 3. The predicted octanol–water partition coefficient (Wildman–Crippen LogP) is 4.64. The van der Waals surface area contributed by atoms with E-state index in [0.29, 0.717) is 28.2 Å². The Bertz CT molecular complexity index is 1040. The van der Waals surface area contributed by atoms with Crippen molar-refractivity contribution in [3.05, 3.63) is 51.9 Å². The van der Waals surface area contributed by atoms with Crippen molar-refractivity contribution in [2.45, 2.75) is 38.6 Å². The molecule has 0 aliphatic heterocycles. The fourth-order valence-electron chi connectivity index (χ4n) is 3.78. The topological polar surface area (TPSA) is 59.8 Å². The Morgan fingerprint density at radius 3 is 2.63 bits per heavy atom. The summed E-state index contributed by atoms with van der Waals surface area (Å²) >= 11 is 6.29. The molecular formula is C21H23ClN4O. The van der Waals surface area contributed by atoms with E-state index >= 15 is 0 Å². The molecule has 0 amide bonds. The molecule has 1 saturated carbocycles. The van der Waals surface area contributed by atoms with Gasteiger partial charge in [-0.3, -0.25) is 9.36 Å². The van der Waals surface area contributed by atoms with Gasteiger partial charge in [0.15, 0.2) is 0 Å². The maximum Gasteiger partial charge on any atom is 0.259 e. The molecule has 0 bridgehead atoms. The van der Waals surface area contributed by atoms with Gasteiger partial charge in [-0.2, -0.15) is 4.98 Å². The van der Waals surface area contributed by atoms with Crippen LogP contribution in [0.1, 0.15) is 32.6 Å². The van der Waals surface area contributed by atoms with Crippen LogP contribution in [0.25, 0.3) is 22.2 Å². The van der Waals surface area contributed by atoms with Crippen LogP contribution in [0.2, 0.25) is 5.02 Å². The molecule has 0 spiro atoms. The summed E-state index contributed by atoms with van der Waals surface area (Å²) in [7, 11) is 1.74. The molecule has 0 unspecified atom stereocenters. The maximum atomic E-state index is 12.9. The van der Waals surface area contributed by atoms with Crippen LogP contribution in [0.3, 0.4) is 0 Å². The van der Waals surface area contributed by atoms with Gasteiger partial charge in [-0.1, -0.05) is 36.7 Å². The highest BCUT2D eigenvalue weighted by Crippen LogP contribution is 2.28. The highest BCUT2D eigenvalue weighted by atomic mass is 35.5. The van der Waals surface area contributed by atoms with E-state index in [-0.39, 0.29) is 5.56 Å². The summed E-state index contributed by atoms with van der Waals surface area (Å²) in [5, 5.41) is 4.81. The second-order valence-electron chi connectivity index (χ2n) is 7.48. The molecule has 1 aromatic carbocycles. The van der Waals surface area contributed by atoms with Crippen molar-refractivity contribution in [1.82, 2.24) is 14.5 Å². The SMILES string of the molecule is CC1CCC(Nc2ncc3cc(-c4ccccc4Cl)c(=O)n(C)c3n2)CC1. The molecule has 1 fully saturated rings. The lowest BCUT2D eigenvalue weighted by Crippen LogP contribution is -2.26. The predicted molar refractivity (Wildman–Crippen MR) is 110 cm³/mol. The average molecular weight is 383 g/mol. The largest absolute Gasteiger partial charge is 0.351 e. The number of benzene rings is 1. The molecule has 2 aromatic heterocycles. The number of pyridine rings is 1. The minimum Gasteiger partial charge on any atom is -0.351 e. The Balaban J connectivity index is 1.71. The zero-order chi connectivity index (χ0) is 19.0. The number of hydrogen-bond donors (Lipinski definition) is 1. The van der Waals surface area contributed by atoms with Crippen molar-refractivity contribution in [2.75, 3.05) is 5.32 Å². The average Bonchev–Trinajstić information content (AvgIpc) is 2.67. The van der Waals surface area contributed by atoms with Crippen molar-refractivity contribution in [3.63, 3.8) is 0 Å². The summed E-state index contributed by atoms with van der Waals surface area (Å²) < 4.78 is 1.57. The van der Waals surface area contributed by atoms with E-state index in [4.69, 9.17) is 11.6 Å². The van der Waals surface area contributed by atoms with E-state index < -0.39 is 0 Å². The van der Waals surface area contributed by atoms with E-state index in [2.05, 4.69) is 22.2 Å². The molecule has 4 rings (SSSR count). The zero-order valence-corrected chi connectivity index (χ0v) is 16.3. The van der Waals surface area contributed by atoms with Crippen LogP contribution >= 0.6 is 11.6 Å². The number of fused-ring (bicyclic) bond motifs is 1. The molecule has 27 heavy (non-hydrogen) atoms. The van der Waals surface area contributed by atoms with Gasteiger partial charge in [0, 0.05) is 40.8 Å². The summed E-state index contributed by atoms with van der Waals surface area (Å²) in [6.07, 6.45) is 6.49. The summed E-state index contributed by atoms with van der Waals surface area (Å²) in [4.78, 5) is 22.0. The maximum absolute atomic E-state index is 12.9. The van der Waals surface area contributed by atoms with Crippen LogP contribution in [-0.4, -0.2) is 20.6 Å². The Morgan fingerprint density at radius 1 is 1.15 bits per heavy atom. The normalized spacial score (nSPS) is 20.0. The lowest BCUT2D eigenvalue weighted by molar-refractivity contribution is 0.360. The van der Waals surface area contributed by atoms with Crippen LogP contribution in [0.15, 0.2) is 41.3 Å². The lowest BCUT2D eigenvalue weighted by atomic mass is 9.87. The highest BCUT2D eigenvalue weighted by Gasteiger charge is 2.19. The standard InChI is InChI=1S/C21H23ClN4O/c1-13-7-9-15(10-8-13)24-21-23-12-14-11-17(16-5-3-4-6-18(16)22)20(27)26(2)19(14)25-21/h3-6,11-13,15H,7-10H2,1-2H3,(H,23,24,25). The molecule has 3 aromatic rings. The first kappa shape index (κ1) is 18.0. The smallest absolute Gasteiger partial charge is 0.259 e. The molecule has 1 aliphatic rings. The number of anilines is 1. The van der Waals surface area contributed by atoms with Crippen LogP contribution in [0, 0.1) is 5.92 Å². The second-order valence-corrected chi connectivity index (χ2v) is 7.88. The van der Waals surface area contributed by atoms with Gasteiger partial charge in [0.05, 0.1) is 0 Å². The number of aromatic nitrogens is 3. The second kappa shape index (κ2) is 7.31. The van der Waals surface area contributed by atoms with Crippen molar-refractivity contribution in [1.29, 1.82) is 0 Å². The number of halogens is 1. The first-order valence-corrected chi connectivity index (χ1v) is 9.79. The third kappa shape index (κ3) is 3.56. The van der Waals surface area contributed by atoms with Crippen LogP contribution < -0.4 is 10.9 Å². The van der Waals surface area contributed by atoms with Gasteiger partial charge in [-0.05, 0) is 43.7 Å². The van der Waals surface area contributed by atoms with Crippen molar-refractivity contribution in [3.8, 4) is 11.1 Å². The Labute approximate surface area is 163 Å². The highest BCUT2D eigenvalue weighted by molar-refractivity contribution is 6.33. The third-order valence-corrected chi connectivity index (χ3v) is 5.79. The van der Waals surface area contributed by atoms with Crippen LogP contribution in [0.5, 0.6) is 0 Å². The van der Waals surface area contributed by atoms with Gasteiger partial charge in [0.1, 0.15) is 5.65 Å². The Hall–Kier alpha value is -2.40. The number of rotatable bonds is 3. The quantitative estimate of drug-likeness (QED) is 0.716. The Morgan fingerprint density at radius 2 is 1.89 bits per heavy atom. The van der Waals surface area contributed by atoms with Crippen LogP contribution in [-0.2, 0) is 7.05 Å². The molecule has 6 heteroatoms. The fraction of sp³-hybridized carbons (Fsp3) is 0.381.